The van der Waals surface area contributed by atoms with E-state index in [2.05, 4.69) is 15.5 Å². The lowest BCUT2D eigenvalue weighted by atomic mass is 10.1. The topological polar surface area (TPSA) is 144 Å². The summed E-state index contributed by atoms with van der Waals surface area (Å²) in [7, 11) is 3.00. The first-order chi connectivity index (χ1) is 14.9. The summed E-state index contributed by atoms with van der Waals surface area (Å²) in [5, 5.41) is 32.3. The number of azo groups is 1. The Morgan fingerprint density at radius 3 is 2.65 bits per heavy atom. The quantitative estimate of drug-likeness (QED) is 0.262. The van der Waals surface area contributed by atoms with E-state index >= 15 is 0 Å². The number of hydrogen-bond acceptors (Lipinski definition) is 9. The number of aromatic nitrogens is 1. The average Bonchev–Trinajstić information content (AvgIpc) is 2.76. The largest absolute Gasteiger partial charge is 0.496 e. The normalized spacial score (nSPS) is 10.8. The van der Waals surface area contributed by atoms with Crippen LogP contribution in [0.2, 0.25) is 0 Å². The van der Waals surface area contributed by atoms with Gasteiger partial charge in [0.25, 0.3) is 11.2 Å². The third kappa shape index (κ3) is 5.23. The van der Waals surface area contributed by atoms with Gasteiger partial charge in [-0.05, 0) is 32.4 Å². The van der Waals surface area contributed by atoms with E-state index in [1.165, 1.54) is 29.9 Å². The van der Waals surface area contributed by atoms with Crippen molar-refractivity contribution in [2.24, 2.45) is 10.2 Å². The Bertz CT molecular complexity index is 1090. The maximum atomic E-state index is 12.7. The van der Waals surface area contributed by atoms with Crippen LogP contribution in [0.5, 0.6) is 5.75 Å². The van der Waals surface area contributed by atoms with E-state index in [1.54, 1.807) is 21.0 Å². The maximum absolute atomic E-state index is 12.7. The SMILES string of the molecule is CCn1c(NCCCOC)c(N=Nc2ccc(OC)cc2[N+](=O)[O-])c(C)c(C#N)c1=O. The fourth-order valence-corrected chi connectivity index (χ4v) is 2.94. The number of methoxy groups -OCH3 is 2. The van der Waals surface area contributed by atoms with Crippen molar-refractivity contribution in [3.05, 3.63) is 49.8 Å². The van der Waals surface area contributed by atoms with Crippen LogP contribution in [0.4, 0.5) is 22.9 Å². The summed E-state index contributed by atoms with van der Waals surface area (Å²) in [4.78, 5) is 23.5. The van der Waals surface area contributed by atoms with Crippen LogP contribution in [0, 0.1) is 28.4 Å². The standard InChI is InChI=1S/C20H24N6O5/c1-5-25-19(22-9-6-10-30-3)18(13(2)15(12-21)20(25)27)24-23-16-8-7-14(31-4)11-17(16)26(28)29/h7-8,11,22H,5-6,9-10H2,1-4H3. The molecule has 0 fully saturated rings. The van der Waals surface area contributed by atoms with Crippen LogP contribution in [0.3, 0.4) is 0 Å². The minimum atomic E-state index is -0.582. The molecule has 0 radical (unpaired) electrons. The van der Waals surface area contributed by atoms with Crippen LogP contribution >= 0.6 is 0 Å². The number of rotatable bonds is 10. The molecule has 31 heavy (non-hydrogen) atoms. The van der Waals surface area contributed by atoms with Gasteiger partial charge in [-0.25, -0.2) is 0 Å². The first-order valence-electron chi connectivity index (χ1n) is 9.54. The monoisotopic (exact) mass is 428 g/mol. The van der Waals surface area contributed by atoms with Crippen molar-refractivity contribution in [1.29, 1.82) is 5.26 Å². The smallest absolute Gasteiger partial charge is 0.300 e. The summed E-state index contributed by atoms with van der Waals surface area (Å²) >= 11 is 0. The number of nitriles is 1. The molecule has 0 bridgehead atoms. The van der Waals surface area contributed by atoms with Gasteiger partial charge in [0.2, 0.25) is 0 Å². The van der Waals surface area contributed by atoms with Crippen molar-refractivity contribution in [2.75, 3.05) is 32.7 Å². The van der Waals surface area contributed by atoms with Gasteiger partial charge in [0.15, 0.2) is 5.69 Å². The Labute approximate surface area is 179 Å². The highest BCUT2D eigenvalue weighted by Crippen LogP contribution is 2.35. The Kier molecular flexibility index (Phi) is 8.22. The zero-order valence-corrected chi connectivity index (χ0v) is 17.8. The van der Waals surface area contributed by atoms with Gasteiger partial charge in [0.05, 0.1) is 18.1 Å². The first-order valence-corrected chi connectivity index (χ1v) is 9.54. The molecule has 2 aromatic rings. The van der Waals surface area contributed by atoms with Crippen molar-refractivity contribution in [3.8, 4) is 11.8 Å². The van der Waals surface area contributed by atoms with Crippen LogP contribution in [0.25, 0.3) is 0 Å². The second-order valence-corrected chi connectivity index (χ2v) is 6.44. The van der Waals surface area contributed by atoms with Gasteiger partial charge in [0, 0.05) is 32.4 Å². The molecule has 0 saturated carbocycles. The fraction of sp³-hybridized carbons (Fsp3) is 0.400. The molecule has 0 aliphatic carbocycles. The van der Waals surface area contributed by atoms with Crippen LogP contribution in [-0.4, -0.2) is 36.9 Å². The number of nitro groups is 1. The minimum absolute atomic E-state index is 0.0169. The molecule has 0 atom stereocenters. The summed E-state index contributed by atoms with van der Waals surface area (Å²) in [5.41, 5.74) is -0.150. The summed E-state index contributed by atoms with van der Waals surface area (Å²) in [6, 6.07) is 6.12. The van der Waals surface area contributed by atoms with Crippen molar-refractivity contribution in [1.82, 2.24) is 4.57 Å². The highest BCUT2D eigenvalue weighted by Gasteiger charge is 2.20. The van der Waals surface area contributed by atoms with Crippen LogP contribution in [0.1, 0.15) is 24.5 Å². The number of hydrogen-bond donors (Lipinski definition) is 1. The number of benzene rings is 1. The number of nitro benzene ring substituents is 1. The van der Waals surface area contributed by atoms with Crippen LogP contribution in [-0.2, 0) is 11.3 Å². The number of nitrogens with one attached hydrogen (secondary N) is 1. The molecule has 2 rings (SSSR count). The predicted octanol–water partition coefficient (Wildman–Crippen LogP) is 3.83. The highest BCUT2D eigenvalue weighted by atomic mass is 16.6. The Hall–Kier alpha value is -3.78. The van der Waals surface area contributed by atoms with E-state index in [-0.39, 0.29) is 22.6 Å². The molecule has 0 unspecified atom stereocenters. The van der Waals surface area contributed by atoms with Gasteiger partial charge < -0.3 is 14.8 Å². The lowest BCUT2D eigenvalue weighted by Gasteiger charge is -2.17. The summed E-state index contributed by atoms with van der Waals surface area (Å²) in [5.74, 6) is 0.702. The zero-order valence-electron chi connectivity index (χ0n) is 17.8. The Morgan fingerprint density at radius 1 is 1.32 bits per heavy atom. The number of anilines is 1. The van der Waals surface area contributed by atoms with Gasteiger partial charge in [-0.3, -0.25) is 19.5 Å². The molecule has 0 saturated heterocycles. The summed E-state index contributed by atoms with van der Waals surface area (Å²) in [6.45, 7) is 4.67. The predicted molar refractivity (Wildman–Crippen MR) is 115 cm³/mol. The van der Waals surface area contributed by atoms with Gasteiger partial charge in [-0.1, -0.05) is 0 Å². The molecule has 0 aliphatic heterocycles. The molecule has 1 N–H and O–H groups in total. The molecule has 1 aromatic carbocycles. The van der Waals surface area contributed by atoms with Gasteiger partial charge in [-0.15, -0.1) is 10.2 Å². The lowest BCUT2D eigenvalue weighted by Crippen LogP contribution is -2.26. The van der Waals surface area contributed by atoms with E-state index in [1.807, 2.05) is 6.07 Å². The first kappa shape index (κ1) is 23.5. The van der Waals surface area contributed by atoms with E-state index in [4.69, 9.17) is 9.47 Å². The van der Waals surface area contributed by atoms with Crippen molar-refractivity contribution in [2.45, 2.75) is 26.8 Å². The molecule has 1 heterocycles. The van der Waals surface area contributed by atoms with Crippen molar-refractivity contribution >= 4 is 22.9 Å². The molecule has 164 valence electrons. The van der Waals surface area contributed by atoms with E-state index in [0.717, 1.165) is 0 Å². The Morgan fingerprint density at radius 2 is 2.06 bits per heavy atom. The van der Waals surface area contributed by atoms with Crippen molar-refractivity contribution in [3.63, 3.8) is 0 Å². The molecule has 0 amide bonds. The summed E-state index contributed by atoms with van der Waals surface area (Å²) < 4.78 is 11.5. The molecule has 0 spiro atoms. The van der Waals surface area contributed by atoms with Crippen molar-refractivity contribution < 1.29 is 14.4 Å². The molecule has 11 heteroatoms. The summed E-state index contributed by atoms with van der Waals surface area (Å²) in [6.07, 6.45) is 0.675. The van der Waals surface area contributed by atoms with Gasteiger partial charge >= 0.3 is 0 Å². The second-order valence-electron chi connectivity index (χ2n) is 6.44. The van der Waals surface area contributed by atoms with Crippen LogP contribution < -0.4 is 15.6 Å². The molecular weight excluding hydrogens is 404 g/mol. The second kappa shape index (κ2) is 10.8. The Balaban J connectivity index is 2.63. The number of pyridine rings is 1. The molecule has 11 nitrogen and oxygen atoms in total. The fourth-order valence-electron chi connectivity index (χ4n) is 2.94. The third-order valence-corrected chi connectivity index (χ3v) is 4.57. The van der Waals surface area contributed by atoms with Crippen LogP contribution in [0.15, 0.2) is 33.2 Å². The highest BCUT2D eigenvalue weighted by molar-refractivity contribution is 5.69. The number of ether oxygens (including phenoxy) is 2. The minimum Gasteiger partial charge on any atom is -0.496 e. The maximum Gasteiger partial charge on any atom is 0.300 e. The van der Waals surface area contributed by atoms with E-state index in [0.29, 0.717) is 43.2 Å². The lowest BCUT2D eigenvalue weighted by molar-refractivity contribution is -0.384. The zero-order chi connectivity index (χ0) is 23.0. The molecular formula is C20H24N6O5. The number of nitrogens with zero attached hydrogens (tertiary/aromatic N) is 5. The van der Waals surface area contributed by atoms with E-state index in [9.17, 15) is 20.2 Å². The van der Waals surface area contributed by atoms with Gasteiger partial charge in [-0.2, -0.15) is 5.26 Å². The average molecular weight is 428 g/mol. The third-order valence-electron chi connectivity index (χ3n) is 4.57. The molecule has 0 aliphatic rings. The van der Waals surface area contributed by atoms with E-state index < -0.39 is 10.5 Å². The van der Waals surface area contributed by atoms with Gasteiger partial charge in [0.1, 0.15) is 28.9 Å². The molecule has 1 aromatic heterocycles.